The summed E-state index contributed by atoms with van der Waals surface area (Å²) in [6, 6.07) is 3.75. The lowest BCUT2D eigenvalue weighted by atomic mass is 10.2. The Hall–Kier alpha value is -2.48. The first-order valence-corrected chi connectivity index (χ1v) is 8.11. The molecule has 1 fully saturated rings. The van der Waals surface area contributed by atoms with Crippen molar-refractivity contribution in [2.75, 3.05) is 31.2 Å². The summed E-state index contributed by atoms with van der Waals surface area (Å²) >= 11 is 0. The van der Waals surface area contributed by atoms with E-state index < -0.39 is 0 Å². The van der Waals surface area contributed by atoms with Crippen molar-refractivity contribution < 1.29 is 14.1 Å². The molecule has 1 aliphatic heterocycles. The number of ether oxygens (including phenoxy) is 1. The number of hydrogen-bond acceptors (Lipinski definition) is 7. The second kappa shape index (κ2) is 7.39. The lowest BCUT2D eigenvalue weighted by Gasteiger charge is -2.27. The van der Waals surface area contributed by atoms with E-state index in [9.17, 15) is 4.79 Å². The molecule has 0 aromatic carbocycles. The lowest BCUT2D eigenvalue weighted by molar-refractivity contribution is 0.0895. The van der Waals surface area contributed by atoms with Gasteiger partial charge in [-0.2, -0.15) is 4.98 Å². The molecular weight excluding hydrogens is 310 g/mol. The molecule has 0 bridgehead atoms. The van der Waals surface area contributed by atoms with Gasteiger partial charge in [-0.3, -0.25) is 4.79 Å². The van der Waals surface area contributed by atoms with E-state index in [0.717, 1.165) is 30.9 Å². The molecule has 1 saturated heterocycles. The summed E-state index contributed by atoms with van der Waals surface area (Å²) in [5.74, 6) is 0.827. The molecule has 1 atom stereocenters. The predicted octanol–water partition coefficient (Wildman–Crippen LogP) is 1.50. The first kappa shape index (κ1) is 16.4. The van der Waals surface area contributed by atoms with E-state index in [1.807, 2.05) is 19.9 Å². The number of aromatic nitrogens is 3. The van der Waals surface area contributed by atoms with Crippen molar-refractivity contribution in [2.24, 2.45) is 0 Å². The fraction of sp³-hybridized carbons (Fsp3) is 0.500. The van der Waals surface area contributed by atoms with Crippen LogP contribution in [0.5, 0.6) is 0 Å². The zero-order chi connectivity index (χ0) is 16.9. The summed E-state index contributed by atoms with van der Waals surface area (Å²) in [5.41, 5.74) is 0.762. The molecular formula is C16H21N5O3. The summed E-state index contributed by atoms with van der Waals surface area (Å²) in [5, 5.41) is 6.71. The van der Waals surface area contributed by atoms with Gasteiger partial charge in [0.25, 0.3) is 0 Å². The number of carbonyl (C=O) groups is 1. The van der Waals surface area contributed by atoms with Crippen LogP contribution >= 0.6 is 0 Å². The van der Waals surface area contributed by atoms with Crippen LogP contribution in [-0.2, 0) is 4.74 Å². The van der Waals surface area contributed by atoms with E-state index in [1.54, 1.807) is 12.3 Å². The number of carbonyl (C=O) groups excluding carboxylic acids is 1. The molecule has 8 heteroatoms. The minimum atomic E-state index is -0.356. The Labute approximate surface area is 140 Å². The molecule has 1 amide bonds. The highest BCUT2D eigenvalue weighted by molar-refractivity contribution is 5.90. The summed E-state index contributed by atoms with van der Waals surface area (Å²) in [4.78, 5) is 22.8. The summed E-state index contributed by atoms with van der Waals surface area (Å²) in [6.45, 7) is 6.89. The van der Waals surface area contributed by atoms with Gasteiger partial charge in [0, 0.05) is 30.9 Å². The number of morpholine rings is 1. The Morgan fingerprint density at radius 1 is 1.42 bits per heavy atom. The van der Waals surface area contributed by atoms with Crippen LogP contribution in [0, 0.1) is 0 Å². The van der Waals surface area contributed by atoms with Gasteiger partial charge in [-0.25, -0.2) is 4.98 Å². The van der Waals surface area contributed by atoms with Crippen molar-refractivity contribution in [1.82, 2.24) is 20.4 Å². The molecule has 2 aromatic heterocycles. The van der Waals surface area contributed by atoms with Gasteiger partial charge in [-0.1, -0.05) is 12.1 Å². The fourth-order valence-corrected chi connectivity index (χ4v) is 2.34. The zero-order valence-electron chi connectivity index (χ0n) is 13.9. The number of hydrogen-bond donors (Lipinski definition) is 1. The number of amides is 1. The monoisotopic (exact) mass is 331 g/mol. The van der Waals surface area contributed by atoms with Crippen LogP contribution in [0.2, 0.25) is 0 Å². The molecule has 3 heterocycles. The lowest BCUT2D eigenvalue weighted by Crippen LogP contribution is -2.36. The van der Waals surface area contributed by atoms with Crippen molar-refractivity contribution in [1.29, 1.82) is 0 Å². The molecule has 0 radical (unpaired) electrons. The molecule has 0 unspecified atom stereocenters. The van der Waals surface area contributed by atoms with Gasteiger partial charge in [0.05, 0.1) is 13.2 Å². The molecule has 8 nitrogen and oxygen atoms in total. The smallest absolute Gasteiger partial charge is 0.316 e. The van der Waals surface area contributed by atoms with Gasteiger partial charge >= 0.3 is 11.8 Å². The third-order valence-electron chi connectivity index (χ3n) is 3.95. The van der Waals surface area contributed by atoms with Crippen molar-refractivity contribution in [2.45, 2.75) is 26.3 Å². The van der Waals surface area contributed by atoms with E-state index in [2.05, 4.69) is 25.3 Å². The summed E-state index contributed by atoms with van der Waals surface area (Å²) < 4.78 is 10.4. The molecule has 0 saturated carbocycles. The molecule has 0 spiro atoms. The topological polar surface area (TPSA) is 93.4 Å². The van der Waals surface area contributed by atoms with Gasteiger partial charge in [-0.05, 0) is 25.5 Å². The van der Waals surface area contributed by atoms with Crippen molar-refractivity contribution in [3.05, 3.63) is 24.2 Å². The Morgan fingerprint density at radius 2 is 2.21 bits per heavy atom. The Kier molecular flexibility index (Phi) is 5.05. The maximum absolute atomic E-state index is 12.0. The first-order chi connectivity index (χ1) is 11.7. The Morgan fingerprint density at radius 3 is 2.96 bits per heavy atom. The zero-order valence-corrected chi connectivity index (χ0v) is 13.9. The third-order valence-corrected chi connectivity index (χ3v) is 3.95. The number of nitrogens with zero attached hydrogens (tertiary/aromatic N) is 4. The van der Waals surface area contributed by atoms with E-state index in [4.69, 9.17) is 9.26 Å². The molecule has 2 aromatic rings. The highest BCUT2D eigenvalue weighted by Crippen LogP contribution is 2.21. The largest absolute Gasteiger partial charge is 0.378 e. The van der Waals surface area contributed by atoms with Gasteiger partial charge in [0.1, 0.15) is 5.82 Å². The molecule has 128 valence electrons. The molecule has 1 N–H and O–H groups in total. The van der Waals surface area contributed by atoms with Crippen LogP contribution in [0.25, 0.3) is 11.4 Å². The van der Waals surface area contributed by atoms with Crippen LogP contribution < -0.4 is 10.2 Å². The standard InChI is InChI=1S/C16H21N5O3/c1-3-11(2)18-15(22)16-19-14(20-24-16)12-4-5-17-13(10-12)21-6-8-23-9-7-21/h4-5,10-11H,3,6-9H2,1-2H3,(H,18,22)/t11-/m0/s1. The van der Waals surface area contributed by atoms with Crippen molar-refractivity contribution >= 4 is 11.7 Å². The number of pyridine rings is 1. The second-order valence-electron chi connectivity index (χ2n) is 5.71. The predicted molar refractivity (Wildman–Crippen MR) is 87.8 cm³/mol. The Balaban J connectivity index is 1.76. The van der Waals surface area contributed by atoms with Crippen molar-refractivity contribution in [3.8, 4) is 11.4 Å². The first-order valence-electron chi connectivity index (χ1n) is 8.11. The average molecular weight is 331 g/mol. The fourth-order valence-electron chi connectivity index (χ4n) is 2.34. The molecule has 0 aliphatic carbocycles. The molecule has 1 aliphatic rings. The third kappa shape index (κ3) is 3.70. The van der Waals surface area contributed by atoms with Gasteiger partial charge in [0.15, 0.2) is 0 Å². The van der Waals surface area contributed by atoms with Crippen molar-refractivity contribution in [3.63, 3.8) is 0 Å². The number of rotatable bonds is 5. The van der Waals surface area contributed by atoms with E-state index in [0.29, 0.717) is 19.0 Å². The van der Waals surface area contributed by atoms with Gasteiger partial charge in [0.2, 0.25) is 5.82 Å². The Bertz CT molecular complexity index is 697. The van der Waals surface area contributed by atoms with E-state index in [1.165, 1.54) is 0 Å². The van der Waals surface area contributed by atoms with Crippen LogP contribution in [0.1, 0.15) is 31.0 Å². The van der Waals surface area contributed by atoms with Crippen LogP contribution in [0.3, 0.4) is 0 Å². The van der Waals surface area contributed by atoms with Gasteiger partial charge < -0.3 is 19.5 Å². The van der Waals surface area contributed by atoms with Crippen LogP contribution in [-0.4, -0.2) is 53.4 Å². The maximum atomic E-state index is 12.0. The van der Waals surface area contributed by atoms with E-state index >= 15 is 0 Å². The highest BCUT2D eigenvalue weighted by Gasteiger charge is 2.19. The van der Waals surface area contributed by atoms with Gasteiger partial charge in [-0.15, -0.1) is 0 Å². The summed E-state index contributed by atoms with van der Waals surface area (Å²) in [6.07, 6.45) is 2.54. The average Bonchev–Trinajstić information content (AvgIpc) is 3.13. The normalized spacial score (nSPS) is 16.0. The SMILES string of the molecule is CC[C@H](C)NC(=O)c1nc(-c2ccnc(N3CCOCC3)c2)no1. The molecule has 3 rings (SSSR count). The molecule has 24 heavy (non-hydrogen) atoms. The number of nitrogens with one attached hydrogen (secondary N) is 1. The summed E-state index contributed by atoms with van der Waals surface area (Å²) in [7, 11) is 0. The highest BCUT2D eigenvalue weighted by atomic mass is 16.5. The number of anilines is 1. The van der Waals surface area contributed by atoms with Crippen LogP contribution in [0.15, 0.2) is 22.9 Å². The quantitative estimate of drug-likeness (QED) is 0.887. The maximum Gasteiger partial charge on any atom is 0.316 e. The van der Waals surface area contributed by atoms with E-state index in [-0.39, 0.29) is 17.8 Å². The van der Waals surface area contributed by atoms with Crippen LogP contribution in [0.4, 0.5) is 5.82 Å². The minimum Gasteiger partial charge on any atom is -0.378 e. The minimum absolute atomic E-state index is 0.0324. The second-order valence-corrected chi connectivity index (χ2v) is 5.71.